The average Bonchev–Trinajstić information content (AvgIpc) is 2.37. The SMILES string of the molecule is CCOC(=O)NS(=O)(=O)N1CCC2NC(=O)CCC2C1. The molecular formula is C11H19N3O5S. The van der Waals surface area contributed by atoms with Crippen molar-refractivity contribution in [3.63, 3.8) is 0 Å². The lowest BCUT2D eigenvalue weighted by atomic mass is 9.86. The third-order valence-corrected chi connectivity index (χ3v) is 5.05. The summed E-state index contributed by atoms with van der Waals surface area (Å²) in [5.41, 5.74) is 0. The summed E-state index contributed by atoms with van der Waals surface area (Å²) in [6.07, 6.45) is 0.675. The number of nitrogens with one attached hydrogen (secondary N) is 2. The molecule has 2 saturated heterocycles. The van der Waals surface area contributed by atoms with Crippen molar-refractivity contribution in [3.8, 4) is 0 Å². The van der Waals surface area contributed by atoms with Crippen molar-refractivity contribution < 1.29 is 22.7 Å². The zero-order chi connectivity index (χ0) is 14.8. The van der Waals surface area contributed by atoms with E-state index in [-0.39, 0.29) is 31.0 Å². The summed E-state index contributed by atoms with van der Waals surface area (Å²) in [7, 11) is -3.87. The summed E-state index contributed by atoms with van der Waals surface area (Å²) in [4.78, 5) is 22.5. The van der Waals surface area contributed by atoms with Gasteiger partial charge in [0.05, 0.1) is 6.61 Å². The van der Waals surface area contributed by atoms with Crippen LogP contribution in [-0.4, -0.2) is 50.5 Å². The molecular weight excluding hydrogens is 286 g/mol. The summed E-state index contributed by atoms with van der Waals surface area (Å²) < 4.78 is 31.8. The zero-order valence-electron chi connectivity index (χ0n) is 11.3. The van der Waals surface area contributed by atoms with E-state index in [4.69, 9.17) is 0 Å². The minimum absolute atomic E-state index is 0.0206. The van der Waals surface area contributed by atoms with Gasteiger partial charge in [-0.25, -0.2) is 9.52 Å². The molecule has 0 aromatic rings. The Morgan fingerprint density at radius 3 is 2.95 bits per heavy atom. The molecule has 2 rings (SSSR count). The van der Waals surface area contributed by atoms with Crippen LogP contribution in [0, 0.1) is 5.92 Å². The van der Waals surface area contributed by atoms with Crippen LogP contribution < -0.4 is 10.0 Å². The summed E-state index contributed by atoms with van der Waals surface area (Å²) in [6, 6.07) is 0.0327. The third-order valence-electron chi connectivity index (χ3n) is 3.61. The van der Waals surface area contributed by atoms with Crippen LogP contribution >= 0.6 is 0 Å². The second-order valence-electron chi connectivity index (χ2n) is 4.95. The molecule has 0 radical (unpaired) electrons. The minimum Gasteiger partial charge on any atom is -0.449 e. The van der Waals surface area contributed by atoms with Crippen molar-refractivity contribution in [1.29, 1.82) is 0 Å². The first kappa shape index (κ1) is 15.0. The standard InChI is InChI=1S/C11H19N3O5S/c1-2-19-11(16)13-20(17,18)14-6-5-9-8(7-14)3-4-10(15)12-9/h8-9H,2-7H2,1H3,(H,12,15)(H,13,16). The number of ether oxygens (including phenoxy) is 1. The fraction of sp³-hybridized carbons (Fsp3) is 0.818. The highest BCUT2D eigenvalue weighted by molar-refractivity contribution is 7.87. The molecule has 2 N–H and O–H groups in total. The van der Waals surface area contributed by atoms with Gasteiger partial charge in [0.2, 0.25) is 5.91 Å². The molecule has 0 aromatic heterocycles. The number of piperidine rings is 2. The molecule has 0 aromatic carbocycles. The minimum atomic E-state index is -3.87. The van der Waals surface area contributed by atoms with Gasteiger partial charge in [0, 0.05) is 25.6 Å². The number of carbonyl (C=O) groups excluding carboxylic acids is 2. The van der Waals surface area contributed by atoms with E-state index >= 15 is 0 Å². The largest absolute Gasteiger partial charge is 0.449 e. The number of amides is 2. The summed E-state index contributed by atoms with van der Waals surface area (Å²) >= 11 is 0. The predicted molar refractivity (Wildman–Crippen MR) is 69.9 cm³/mol. The van der Waals surface area contributed by atoms with Crippen LogP contribution in [-0.2, 0) is 19.7 Å². The average molecular weight is 305 g/mol. The van der Waals surface area contributed by atoms with Crippen LogP contribution in [0.3, 0.4) is 0 Å². The van der Waals surface area contributed by atoms with Gasteiger partial charge in [-0.15, -0.1) is 0 Å². The number of rotatable bonds is 3. The van der Waals surface area contributed by atoms with Gasteiger partial charge in [-0.3, -0.25) is 4.79 Å². The van der Waals surface area contributed by atoms with Crippen molar-refractivity contribution in [3.05, 3.63) is 0 Å². The number of carbonyl (C=O) groups is 2. The molecule has 0 spiro atoms. The molecule has 0 saturated carbocycles. The van der Waals surface area contributed by atoms with Crippen molar-refractivity contribution in [2.45, 2.75) is 32.2 Å². The van der Waals surface area contributed by atoms with Crippen LogP contribution in [0.25, 0.3) is 0 Å². The Bertz CT molecular complexity index is 492. The van der Waals surface area contributed by atoms with Crippen LogP contribution in [0.1, 0.15) is 26.2 Å². The highest BCUT2D eigenvalue weighted by Gasteiger charge is 2.38. The summed E-state index contributed by atoms with van der Waals surface area (Å²) in [5.74, 6) is 0.118. The van der Waals surface area contributed by atoms with Crippen molar-refractivity contribution in [2.75, 3.05) is 19.7 Å². The molecule has 2 atom stereocenters. The van der Waals surface area contributed by atoms with Gasteiger partial charge in [0.25, 0.3) is 0 Å². The molecule has 20 heavy (non-hydrogen) atoms. The van der Waals surface area contributed by atoms with Gasteiger partial charge in [-0.05, 0) is 25.7 Å². The molecule has 2 fully saturated rings. The van der Waals surface area contributed by atoms with E-state index in [2.05, 4.69) is 10.1 Å². The van der Waals surface area contributed by atoms with Gasteiger partial charge in [-0.2, -0.15) is 12.7 Å². The second-order valence-corrected chi connectivity index (χ2v) is 6.62. The molecule has 9 heteroatoms. The first-order valence-corrected chi connectivity index (χ1v) is 8.10. The van der Waals surface area contributed by atoms with Gasteiger partial charge in [0.15, 0.2) is 0 Å². The van der Waals surface area contributed by atoms with Crippen LogP contribution in [0.5, 0.6) is 0 Å². The number of fused-ring (bicyclic) bond motifs is 1. The van der Waals surface area contributed by atoms with Crippen molar-refractivity contribution in [2.24, 2.45) is 5.92 Å². The van der Waals surface area contributed by atoms with E-state index in [0.29, 0.717) is 25.8 Å². The zero-order valence-corrected chi connectivity index (χ0v) is 12.1. The molecule has 2 aliphatic heterocycles. The first-order chi connectivity index (χ1) is 9.42. The van der Waals surface area contributed by atoms with Crippen LogP contribution in [0.2, 0.25) is 0 Å². The van der Waals surface area contributed by atoms with E-state index in [1.165, 1.54) is 4.31 Å². The van der Waals surface area contributed by atoms with Crippen LogP contribution in [0.15, 0.2) is 0 Å². The Morgan fingerprint density at radius 1 is 1.50 bits per heavy atom. The number of hydrogen-bond acceptors (Lipinski definition) is 5. The molecule has 2 unspecified atom stereocenters. The van der Waals surface area contributed by atoms with Crippen LogP contribution in [0.4, 0.5) is 4.79 Å². The molecule has 0 aliphatic carbocycles. The van der Waals surface area contributed by atoms with Gasteiger partial charge in [-0.1, -0.05) is 0 Å². The molecule has 8 nitrogen and oxygen atoms in total. The lowest BCUT2D eigenvalue weighted by Gasteiger charge is -2.40. The first-order valence-electron chi connectivity index (χ1n) is 6.66. The Hall–Kier alpha value is -1.35. The van der Waals surface area contributed by atoms with Gasteiger partial charge in [0.1, 0.15) is 0 Å². The Labute approximate surface area is 118 Å². The fourth-order valence-electron chi connectivity index (χ4n) is 2.63. The lowest BCUT2D eigenvalue weighted by Crippen LogP contribution is -2.57. The van der Waals surface area contributed by atoms with E-state index in [1.807, 2.05) is 4.72 Å². The maximum absolute atomic E-state index is 12.0. The van der Waals surface area contributed by atoms with E-state index in [1.54, 1.807) is 6.92 Å². The molecule has 2 aliphatic rings. The number of nitrogens with zero attached hydrogens (tertiary/aromatic N) is 1. The fourth-order valence-corrected chi connectivity index (χ4v) is 3.76. The normalized spacial score (nSPS) is 27.4. The van der Waals surface area contributed by atoms with E-state index in [9.17, 15) is 18.0 Å². The summed E-state index contributed by atoms with van der Waals surface area (Å²) in [5, 5.41) is 2.88. The Morgan fingerprint density at radius 2 is 2.25 bits per heavy atom. The Balaban J connectivity index is 1.97. The van der Waals surface area contributed by atoms with Gasteiger partial charge >= 0.3 is 16.3 Å². The van der Waals surface area contributed by atoms with E-state index < -0.39 is 16.3 Å². The predicted octanol–water partition coefficient (Wildman–Crippen LogP) is -0.422. The van der Waals surface area contributed by atoms with Crippen molar-refractivity contribution >= 4 is 22.2 Å². The lowest BCUT2D eigenvalue weighted by molar-refractivity contribution is -0.124. The number of hydrogen-bond donors (Lipinski definition) is 2. The van der Waals surface area contributed by atoms with Gasteiger partial charge < -0.3 is 10.1 Å². The second kappa shape index (κ2) is 5.96. The Kier molecular flexibility index (Phi) is 4.48. The quantitative estimate of drug-likeness (QED) is 0.736. The maximum Gasteiger partial charge on any atom is 0.421 e. The molecule has 114 valence electrons. The summed E-state index contributed by atoms with van der Waals surface area (Å²) in [6.45, 7) is 2.29. The highest BCUT2D eigenvalue weighted by Crippen LogP contribution is 2.26. The van der Waals surface area contributed by atoms with Crippen molar-refractivity contribution in [1.82, 2.24) is 14.3 Å². The molecule has 2 heterocycles. The monoisotopic (exact) mass is 305 g/mol. The topological polar surface area (TPSA) is 105 Å². The molecule has 0 bridgehead atoms. The smallest absolute Gasteiger partial charge is 0.421 e. The molecule has 2 amide bonds. The van der Waals surface area contributed by atoms with E-state index in [0.717, 1.165) is 0 Å². The third kappa shape index (κ3) is 3.40. The maximum atomic E-state index is 12.0. The highest BCUT2D eigenvalue weighted by atomic mass is 32.2.